The Morgan fingerprint density at radius 1 is 1.12 bits per heavy atom. The first kappa shape index (κ1) is 20.9. The quantitative estimate of drug-likeness (QED) is 0.647. The van der Waals surface area contributed by atoms with Gasteiger partial charge in [0, 0.05) is 19.5 Å². The van der Waals surface area contributed by atoms with E-state index < -0.39 is 9.84 Å². The van der Waals surface area contributed by atoms with E-state index in [1.807, 2.05) is 6.07 Å². The number of benzene rings is 1. The van der Waals surface area contributed by atoms with Crippen molar-refractivity contribution in [2.24, 2.45) is 0 Å². The number of rotatable bonds is 9. The molecule has 136 valence electrons. The third kappa shape index (κ3) is 6.07. The van der Waals surface area contributed by atoms with E-state index in [0.29, 0.717) is 18.0 Å². The van der Waals surface area contributed by atoms with Crippen LogP contribution in [0.25, 0.3) is 0 Å². The molecular formula is C17H27ClN2O3S. The molecule has 24 heavy (non-hydrogen) atoms. The molecule has 0 spiro atoms. The molecule has 1 aromatic rings. The molecule has 5 nitrogen and oxygen atoms in total. The van der Waals surface area contributed by atoms with Crippen LogP contribution < -0.4 is 10.6 Å². The number of amides is 1. The molecule has 0 aliphatic heterocycles. The van der Waals surface area contributed by atoms with Gasteiger partial charge in [-0.15, -0.1) is 12.4 Å². The summed E-state index contributed by atoms with van der Waals surface area (Å²) in [5.41, 5.74) is 2.39. The maximum atomic E-state index is 12.4. The van der Waals surface area contributed by atoms with E-state index in [4.69, 9.17) is 0 Å². The van der Waals surface area contributed by atoms with E-state index in [1.54, 1.807) is 12.1 Å². The summed E-state index contributed by atoms with van der Waals surface area (Å²) in [6.07, 6.45) is 4.13. The Morgan fingerprint density at radius 2 is 1.88 bits per heavy atom. The molecule has 0 heterocycles. The van der Waals surface area contributed by atoms with Crippen molar-refractivity contribution in [1.29, 1.82) is 0 Å². The van der Waals surface area contributed by atoms with E-state index >= 15 is 0 Å². The van der Waals surface area contributed by atoms with Gasteiger partial charge >= 0.3 is 0 Å². The summed E-state index contributed by atoms with van der Waals surface area (Å²) >= 11 is 0. The molecule has 0 saturated heterocycles. The first-order chi connectivity index (χ1) is 11.0. The van der Waals surface area contributed by atoms with Gasteiger partial charge in [-0.25, -0.2) is 8.42 Å². The molecule has 0 fully saturated rings. The summed E-state index contributed by atoms with van der Waals surface area (Å²) in [6.45, 7) is 4.23. The molecule has 1 aromatic carbocycles. The van der Waals surface area contributed by atoms with Crippen LogP contribution in [0, 0.1) is 0 Å². The second-order valence-corrected chi connectivity index (χ2v) is 8.06. The molecule has 0 atom stereocenters. The smallest absolute Gasteiger partial charge is 0.221 e. The summed E-state index contributed by atoms with van der Waals surface area (Å²) in [5, 5.41) is 5.92. The molecular weight excluding hydrogens is 348 g/mol. The number of carbonyl (C=O) groups is 1. The number of sulfone groups is 1. The van der Waals surface area contributed by atoms with Gasteiger partial charge in [0.15, 0.2) is 9.84 Å². The normalized spacial score (nSPS) is 13.2. The Labute approximate surface area is 150 Å². The molecule has 1 aliphatic carbocycles. The van der Waals surface area contributed by atoms with Gasteiger partial charge in [0.25, 0.3) is 0 Å². The first-order valence-electron chi connectivity index (χ1n) is 8.35. The Balaban J connectivity index is 0.00000288. The Bertz CT molecular complexity index is 647. The average molecular weight is 375 g/mol. The van der Waals surface area contributed by atoms with Crippen LogP contribution >= 0.6 is 12.4 Å². The number of nitrogens with one attached hydrogen (secondary N) is 2. The first-order valence-corrected chi connectivity index (χ1v) is 10.00. The molecule has 0 radical (unpaired) electrons. The summed E-state index contributed by atoms with van der Waals surface area (Å²) in [5.74, 6) is -0.354. The highest BCUT2D eigenvalue weighted by Crippen LogP contribution is 2.25. The monoisotopic (exact) mass is 374 g/mol. The van der Waals surface area contributed by atoms with Crippen LogP contribution in [-0.2, 0) is 27.5 Å². The van der Waals surface area contributed by atoms with Crippen LogP contribution in [0.5, 0.6) is 0 Å². The molecule has 0 aromatic heterocycles. The third-order valence-electron chi connectivity index (χ3n) is 4.08. The lowest BCUT2D eigenvalue weighted by atomic mass is 10.1. The van der Waals surface area contributed by atoms with Crippen LogP contribution in [0.1, 0.15) is 37.3 Å². The zero-order valence-electron chi connectivity index (χ0n) is 14.1. The second kappa shape index (κ2) is 10.0. The molecule has 0 bridgehead atoms. The minimum absolute atomic E-state index is 0. The summed E-state index contributed by atoms with van der Waals surface area (Å²) in [4.78, 5) is 12.1. The largest absolute Gasteiger partial charge is 0.355 e. The van der Waals surface area contributed by atoms with Crippen molar-refractivity contribution in [3.05, 3.63) is 29.3 Å². The average Bonchev–Trinajstić information content (AvgIpc) is 3.00. The molecule has 2 N–H and O–H groups in total. The lowest BCUT2D eigenvalue weighted by molar-refractivity contribution is -0.120. The fraction of sp³-hybridized carbons (Fsp3) is 0.588. The number of hydrogen-bond donors (Lipinski definition) is 2. The van der Waals surface area contributed by atoms with Crippen molar-refractivity contribution in [1.82, 2.24) is 10.6 Å². The fourth-order valence-electron chi connectivity index (χ4n) is 2.77. The van der Waals surface area contributed by atoms with E-state index in [-0.39, 0.29) is 30.5 Å². The van der Waals surface area contributed by atoms with E-state index in [2.05, 4.69) is 17.6 Å². The molecule has 1 amide bonds. The van der Waals surface area contributed by atoms with Gasteiger partial charge in [0.1, 0.15) is 0 Å². The van der Waals surface area contributed by atoms with Gasteiger partial charge in [-0.05, 0) is 55.5 Å². The van der Waals surface area contributed by atoms with Crippen molar-refractivity contribution in [2.75, 3.05) is 25.4 Å². The topological polar surface area (TPSA) is 75.3 Å². The Morgan fingerprint density at radius 3 is 2.62 bits per heavy atom. The zero-order chi connectivity index (χ0) is 16.7. The highest BCUT2D eigenvalue weighted by atomic mass is 35.5. The Kier molecular flexibility index (Phi) is 8.73. The van der Waals surface area contributed by atoms with Gasteiger partial charge < -0.3 is 10.6 Å². The van der Waals surface area contributed by atoms with Crippen LogP contribution in [0.4, 0.5) is 0 Å². The minimum Gasteiger partial charge on any atom is -0.355 e. The van der Waals surface area contributed by atoms with E-state index in [9.17, 15) is 13.2 Å². The van der Waals surface area contributed by atoms with Gasteiger partial charge in [-0.2, -0.15) is 0 Å². The van der Waals surface area contributed by atoms with Gasteiger partial charge in [0.05, 0.1) is 10.6 Å². The molecule has 0 saturated carbocycles. The molecule has 1 aliphatic rings. The third-order valence-corrected chi connectivity index (χ3v) is 5.79. The van der Waals surface area contributed by atoms with Crippen molar-refractivity contribution in [3.63, 3.8) is 0 Å². The fourth-order valence-corrected chi connectivity index (χ4v) is 4.05. The van der Waals surface area contributed by atoms with E-state index in [0.717, 1.165) is 37.8 Å². The molecule has 7 heteroatoms. The number of hydrogen-bond acceptors (Lipinski definition) is 4. The number of aryl methyl sites for hydroxylation is 2. The van der Waals surface area contributed by atoms with Crippen molar-refractivity contribution >= 4 is 28.2 Å². The number of fused-ring (bicyclic) bond motifs is 1. The maximum Gasteiger partial charge on any atom is 0.221 e. The van der Waals surface area contributed by atoms with Crippen LogP contribution in [0.3, 0.4) is 0 Å². The number of carbonyl (C=O) groups excluding carboxylic acids is 1. The summed E-state index contributed by atoms with van der Waals surface area (Å²) in [7, 11) is -3.39. The van der Waals surface area contributed by atoms with Gasteiger partial charge in [0.2, 0.25) is 5.91 Å². The predicted molar refractivity (Wildman–Crippen MR) is 98.6 cm³/mol. The highest BCUT2D eigenvalue weighted by molar-refractivity contribution is 7.91. The van der Waals surface area contributed by atoms with Gasteiger partial charge in [-0.3, -0.25) is 4.79 Å². The Hall–Kier alpha value is -1.11. The van der Waals surface area contributed by atoms with Crippen molar-refractivity contribution in [3.8, 4) is 0 Å². The predicted octanol–water partition coefficient (Wildman–Crippen LogP) is 1.88. The lowest BCUT2D eigenvalue weighted by Gasteiger charge is -2.08. The lowest BCUT2D eigenvalue weighted by Crippen LogP contribution is -2.32. The van der Waals surface area contributed by atoms with Crippen molar-refractivity contribution in [2.45, 2.75) is 43.9 Å². The van der Waals surface area contributed by atoms with E-state index in [1.165, 1.54) is 5.56 Å². The van der Waals surface area contributed by atoms with Gasteiger partial charge in [-0.1, -0.05) is 13.0 Å². The van der Waals surface area contributed by atoms with Crippen molar-refractivity contribution < 1.29 is 13.2 Å². The van der Waals surface area contributed by atoms with Crippen LogP contribution in [0.2, 0.25) is 0 Å². The standard InChI is InChI=1S/C17H26N2O3S.ClH/c1-2-9-18-10-11-19-17(20)8-12-23(21,22)16-7-6-14-4-3-5-15(14)13-16;/h6-7,13,18H,2-5,8-12H2,1H3,(H,19,20);1H. The minimum atomic E-state index is -3.39. The van der Waals surface area contributed by atoms with Crippen LogP contribution in [0.15, 0.2) is 23.1 Å². The molecule has 0 unspecified atom stereocenters. The second-order valence-electron chi connectivity index (χ2n) is 5.95. The van der Waals surface area contributed by atoms with Crippen LogP contribution in [-0.4, -0.2) is 39.7 Å². The maximum absolute atomic E-state index is 12.4. The molecule has 2 rings (SSSR count). The highest BCUT2D eigenvalue weighted by Gasteiger charge is 2.19. The summed E-state index contributed by atoms with van der Waals surface area (Å²) < 4.78 is 24.7. The zero-order valence-corrected chi connectivity index (χ0v) is 15.8. The SMILES string of the molecule is CCCNCCNC(=O)CCS(=O)(=O)c1ccc2c(c1)CCC2.Cl. The number of halogens is 1. The summed E-state index contributed by atoms with van der Waals surface area (Å²) in [6, 6.07) is 5.37.